The van der Waals surface area contributed by atoms with Crippen molar-refractivity contribution in [3.05, 3.63) is 34.9 Å². The minimum Gasteiger partial charge on any atom is -0.266 e. The van der Waals surface area contributed by atoms with Gasteiger partial charge in [-0.05, 0) is 22.0 Å². The average Bonchev–Trinajstić information content (AvgIpc) is 2.07. The van der Waals surface area contributed by atoms with E-state index in [1.54, 1.807) is 0 Å². The van der Waals surface area contributed by atoms with E-state index in [0.29, 0.717) is 4.48 Å². The van der Waals surface area contributed by atoms with Crippen molar-refractivity contribution in [1.29, 1.82) is 0 Å². The SMILES string of the molecule is O=C1N=C2C=CC=CC2C=C1Br. The third-order valence-electron chi connectivity index (χ3n) is 1.80. The van der Waals surface area contributed by atoms with Crippen LogP contribution in [0.4, 0.5) is 0 Å². The fourth-order valence-electron chi connectivity index (χ4n) is 1.20. The van der Waals surface area contributed by atoms with Gasteiger partial charge in [0.1, 0.15) is 0 Å². The Labute approximate surface area is 78.5 Å². The molecule has 1 amide bonds. The Hall–Kier alpha value is -0.960. The lowest BCUT2D eigenvalue weighted by atomic mass is 9.96. The number of allylic oxidation sites excluding steroid dienone is 5. The third kappa shape index (κ3) is 1.20. The van der Waals surface area contributed by atoms with E-state index >= 15 is 0 Å². The van der Waals surface area contributed by atoms with E-state index in [-0.39, 0.29) is 11.8 Å². The van der Waals surface area contributed by atoms with E-state index in [9.17, 15) is 4.79 Å². The van der Waals surface area contributed by atoms with Crippen LogP contribution < -0.4 is 0 Å². The first-order valence-corrected chi connectivity index (χ1v) is 4.42. The second-order valence-electron chi connectivity index (χ2n) is 2.63. The molecule has 60 valence electrons. The summed E-state index contributed by atoms with van der Waals surface area (Å²) in [5.41, 5.74) is 0.825. The second-order valence-corrected chi connectivity index (χ2v) is 3.48. The van der Waals surface area contributed by atoms with Crippen LogP contribution in [0.3, 0.4) is 0 Å². The predicted molar refractivity (Wildman–Crippen MR) is 51.2 cm³/mol. The zero-order valence-corrected chi connectivity index (χ0v) is 7.78. The summed E-state index contributed by atoms with van der Waals surface area (Å²) < 4.78 is 0.552. The van der Waals surface area contributed by atoms with Gasteiger partial charge in [-0.1, -0.05) is 24.3 Å². The van der Waals surface area contributed by atoms with Crippen LogP contribution in [-0.4, -0.2) is 11.6 Å². The number of carbonyl (C=O) groups excluding carboxylic acids is 1. The third-order valence-corrected chi connectivity index (χ3v) is 2.40. The fraction of sp³-hybridized carbons (Fsp3) is 0.111. The summed E-state index contributed by atoms with van der Waals surface area (Å²) in [6, 6.07) is 0. The molecule has 12 heavy (non-hydrogen) atoms. The molecule has 1 heterocycles. The summed E-state index contributed by atoms with van der Waals surface area (Å²) in [5, 5.41) is 0. The molecule has 0 spiro atoms. The molecule has 0 fully saturated rings. The number of nitrogens with zero attached hydrogens (tertiary/aromatic N) is 1. The maximum atomic E-state index is 11.1. The standard InChI is InChI=1S/C9H6BrNO/c10-7-5-6-3-1-2-4-8(6)11-9(7)12/h1-6H. The Morgan fingerprint density at radius 1 is 1.42 bits per heavy atom. The van der Waals surface area contributed by atoms with Crippen molar-refractivity contribution in [3.63, 3.8) is 0 Å². The molecule has 1 unspecified atom stereocenters. The van der Waals surface area contributed by atoms with Gasteiger partial charge in [-0.15, -0.1) is 0 Å². The fourth-order valence-corrected chi connectivity index (χ4v) is 1.57. The molecule has 2 rings (SSSR count). The van der Waals surface area contributed by atoms with Crippen molar-refractivity contribution in [3.8, 4) is 0 Å². The van der Waals surface area contributed by atoms with Crippen LogP contribution in [0.2, 0.25) is 0 Å². The van der Waals surface area contributed by atoms with Crippen molar-refractivity contribution in [2.45, 2.75) is 0 Å². The maximum Gasteiger partial charge on any atom is 0.283 e. The number of amides is 1. The Morgan fingerprint density at radius 3 is 3.08 bits per heavy atom. The van der Waals surface area contributed by atoms with Crippen LogP contribution in [0.25, 0.3) is 0 Å². The number of rotatable bonds is 0. The van der Waals surface area contributed by atoms with Gasteiger partial charge < -0.3 is 0 Å². The summed E-state index contributed by atoms with van der Waals surface area (Å²) in [4.78, 5) is 15.0. The Bertz CT molecular complexity index is 350. The van der Waals surface area contributed by atoms with Crippen molar-refractivity contribution < 1.29 is 4.79 Å². The number of carbonyl (C=O) groups is 1. The van der Waals surface area contributed by atoms with Gasteiger partial charge in [0.15, 0.2) is 0 Å². The number of hydrogen-bond acceptors (Lipinski definition) is 1. The molecule has 0 aromatic carbocycles. The summed E-state index contributed by atoms with van der Waals surface area (Å²) in [5.74, 6) is -0.0247. The molecule has 1 aliphatic heterocycles. The first-order valence-electron chi connectivity index (χ1n) is 3.62. The van der Waals surface area contributed by atoms with Gasteiger partial charge in [-0.3, -0.25) is 4.79 Å². The van der Waals surface area contributed by atoms with Crippen LogP contribution in [-0.2, 0) is 4.79 Å². The first-order chi connectivity index (χ1) is 5.77. The molecule has 2 nitrogen and oxygen atoms in total. The zero-order valence-electron chi connectivity index (χ0n) is 6.20. The summed E-state index contributed by atoms with van der Waals surface area (Å²) in [7, 11) is 0. The molecule has 0 aromatic heterocycles. The van der Waals surface area contributed by atoms with Crippen molar-refractivity contribution >= 4 is 27.5 Å². The van der Waals surface area contributed by atoms with E-state index in [4.69, 9.17) is 0 Å². The number of hydrogen-bond donors (Lipinski definition) is 0. The monoisotopic (exact) mass is 223 g/mol. The predicted octanol–water partition coefficient (Wildman–Crippen LogP) is 1.99. The van der Waals surface area contributed by atoms with Crippen molar-refractivity contribution in [2.24, 2.45) is 10.9 Å². The van der Waals surface area contributed by atoms with Crippen LogP contribution in [0.5, 0.6) is 0 Å². The average molecular weight is 224 g/mol. The molecule has 1 atom stereocenters. The summed E-state index contributed by atoms with van der Waals surface area (Å²) >= 11 is 3.16. The van der Waals surface area contributed by atoms with E-state index in [0.717, 1.165) is 5.71 Å². The van der Waals surface area contributed by atoms with E-state index in [1.165, 1.54) is 0 Å². The normalized spacial score (nSPS) is 26.4. The second kappa shape index (κ2) is 2.83. The molecule has 0 saturated carbocycles. The van der Waals surface area contributed by atoms with E-state index < -0.39 is 0 Å². The van der Waals surface area contributed by atoms with Crippen LogP contribution in [0.1, 0.15) is 0 Å². The highest BCUT2D eigenvalue weighted by Crippen LogP contribution is 2.22. The topological polar surface area (TPSA) is 29.4 Å². The lowest BCUT2D eigenvalue weighted by Gasteiger charge is -2.15. The van der Waals surface area contributed by atoms with Gasteiger partial charge in [-0.25, -0.2) is 4.99 Å². The summed E-state index contributed by atoms with van der Waals surface area (Å²) in [6.07, 6.45) is 9.57. The van der Waals surface area contributed by atoms with Crippen LogP contribution in [0, 0.1) is 5.92 Å². The van der Waals surface area contributed by atoms with E-state index in [1.807, 2.05) is 30.4 Å². The minimum atomic E-state index is -0.193. The number of dihydropyridines is 1. The molecule has 3 heteroatoms. The lowest BCUT2D eigenvalue weighted by molar-refractivity contribution is -0.113. The molecule has 0 radical (unpaired) electrons. The van der Waals surface area contributed by atoms with Gasteiger partial charge in [0, 0.05) is 5.92 Å². The Kier molecular flexibility index (Phi) is 1.81. The molecule has 2 aliphatic rings. The first kappa shape index (κ1) is 7.68. The van der Waals surface area contributed by atoms with Crippen LogP contribution >= 0.6 is 15.9 Å². The van der Waals surface area contributed by atoms with Gasteiger partial charge in [0.25, 0.3) is 5.91 Å². The number of aliphatic imine (C=N–C) groups is 1. The minimum absolute atomic E-state index is 0.169. The smallest absolute Gasteiger partial charge is 0.266 e. The molecular formula is C9H6BrNO. The Balaban J connectivity index is 2.41. The highest BCUT2D eigenvalue weighted by molar-refractivity contribution is 9.12. The van der Waals surface area contributed by atoms with Gasteiger partial charge in [0.05, 0.1) is 10.2 Å². The lowest BCUT2D eigenvalue weighted by Crippen LogP contribution is -2.17. The summed E-state index contributed by atoms with van der Waals surface area (Å²) in [6.45, 7) is 0. The number of fused-ring (bicyclic) bond motifs is 1. The maximum absolute atomic E-state index is 11.1. The van der Waals surface area contributed by atoms with Gasteiger partial charge >= 0.3 is 0 Å². The molecular weight excluding hydrogens is 218 g/mol. The largest absolute Gasteiger partial charge is 0.283 e. The quantitative estimate of drug-likeness (QED) is 0.618. The van der Waals surface area contributed by atoms with E-state index in [2.05, 4.69) is 20.9 Å². The van der Waals surface area contributed by atoms with Crippen LogP contribution in [0.15, 0.2) is 39.9 Å². The van der Waals surface area contributed by atoms with Crippen molar-refractivity contribution in [1.82, 2.24) is 0 Å². The zero-order chi connectivity index (χ0) is 8.55. The molecule has 0 bridgehead atoms. The Morgan fingerprint density at radius 2 is 2.25 bits per heavy atom. The van der Waals surface area contributed by atoms with Gasteiger partial charge in [-0.2, -0.15) is 0 Å². The highest BCUT2D eigenvalue weighted by Gasteiger charge is 2.19. The highest BCUT2D eigenvalue weighted by atomic mass is 79.9. The van der Waals surface area contributed by atoms with Gasteiger partial charge in [0.2, 0.25) is 0 Å². The molecule has 0 aromatic rings. The molecule has 0 N–H and O–H groups in total. The van der Waals surface area contributed by atoms with Crippen molar-refractivity contribution in [2.75, 3.05) is 0 Å². The molecule has 0 saturated heterocycles. The molecule has 1 aliphatic carbocycles. The number of halogens is 1.